The Hall–Kier alpha value is -2.48. The Kier molecular flexibility index (Phi) is 5.28. The summed E-state index contributed by atoms with van der Waals surface area (Å²) in [4.78, 5) is 36.0. The van der Waals surface area contributed by atoms with Gasteiger partial charge < -0.3 is 14.8 Å². The maximum absolute atomic E-state index is 13.6. The highest BCUT2D eigenvalue weighted by atomic mass is 19.1. The average Bonchev–Trinajstić information content (AvgIpc) is 2.91. The fraction of sp³-hybridized carbons (Fsp3) is 0.471. The zero-order valence-electron chi connectivity index (χ0n) is 13.7. The Bertz CT molecular complexity index is 691. The van der Waals surface area contributed by atoms with Gasteiger partial charge in [0.05, 0.1) is 6.61 Å². The summed E-state index contributed by atoms with van der Waals surface area (Å²) in [7, 11) is 0. The summed E-state index contributed by atoms with van der Waals surface area (Å²) < 4.78 is 24.2. The van der Waals surface area contributed by atoms with Gasteiger partial charge in [-0.15, -0.1) is 0 Å². The van der Waals surface area contributed by atoms with Crippen molar-refractivity contribution in [1.82, 2.24) is 10.2 Å². The molecule has 0 saturated carbocycles. The molecule has 0 unspecified atom stereocenters. The number of carbonyl (C=O) groups is 3. The molecular weight excluding hydrogens is 331 g/mol. The van der Waals surface area contributed by atoms with Gasteiger partial charge in [0.25, 0.3) is 0 Å². The highest BCUT2D eigenvalue weighted by Gasteiger charge is 2.28. The maximum Gasteiger partial charge on any atom is 0.229 e. The minimum Gasteiger partial charge on any atom is -0.467 e. The van der Waals surface area contributed by atoms with Gasteiger partial charge in [0.15, 0.2) is 6.79 Å². The van der Waals surface area contributed by atoms with Gasteiger partial charge in [-0.2, -0.15) is 0 Å². The Morgan fingerprint density at radius 1 is 1.24 bits per heavy atom. The van der Waals surface area contributed by atoms with E-state index in [1.165, 1.54) is 12.1 Å². The lowest BCUT2D eigenvalue weighted by Gasteiger charge is -2.21. The maximum atomic E-state index is 13.6. The molecule has 2 heterocycles. The van der Waals surface area contributed by atoms with Crippen molar-refractivity contribution in [3.05, 3.63) is 29.1 Å². The van der Waals surface area contributed by atoms with Gasteiger partial charge in [-0.1, -0.05) is 0 Å². The third kappa shape index (κ3) is 4.14. The molecule has 0 bridgehead atoms. The van der Waals surface area contributed by atoms with Crippen molar-refractivity contribution in [2.45, 2.75) is 32.3 Å². The van der Waals surface area contributed by atoms with Gasteiger partial charge >= 0.3 is 0 Å². The number of fused-ring (bicyclic) bond motifs is 1. The van der Waals surface area contributed by atoms with Crippen LogP contribution in [0.25, 0.3) is 0 Å². The average molecular weight is 350 g/mol. The van der Waals surface area contributed by atoms with Crippen LogP contribution in [0.5, 0.6) is 5.75 Å². The van der Waals surface area contributed by atoms with E-state index >= 15 is 0 Å². The van der Waals surface area contributed by atoms with Gasteiger partial charge in [-0.25, -0.2) is 4.39 Å². The van der Waals surface area contributed by atoms with Crippen molar-refractivity contribution in [2.75, 3.05) is 19.9 Å². The molecule has 1 fully saturated rings. The monoisotopic (exact) mass is 350 g/mol. The van der Waals surface area contributed by atoms with Gasteiger partial charge in [0, 0.05) is 37.9 Å². The molecule has 3 amide bonds. The summed E-state index contributed by atoms with van der Waals surface area (Å²) in [6.45, 7) is 0.820. The minimum absolute atomic E-state index is 0.0586. The first-order valence-corrected chi connectivity index (χ1v) is 8.16. The molecule has 1 aromatic carbocycles. The smallest absolute Gasteiger partial charge is 0.229 e. The zero-order chi connectivity index (χ0) is 17.8. The molecule has 1 N–H and O–H groups in total. The number of hydrogen-bond donors (Lipinski definition) is 1. The van der Waals surface area contributed by atoms with Crippen LogP contribution >= 0.6 is 0 Å². The molecule has 134 valence electrons. The first kappa shape index (κ1) is 17.3. The van der Waals surface area contributed by atoms with Crippen LogP contribution in [0.3, 0.4) is 0 Å². The van der Waals surface area contributed by atoms with Crippen molar-refractivity contribution in [3.63, 3.8) is 0 Å². The van der Waals surface area contributed by atoms with Crippen molar-refractivity contribution in [2.24, 2.45) is 0 Å². The normalized spacial score (nSPS) is 16.6. The topological polar surface area (TPSA) is 84.9 Å². The molecule has 0 atom stereocenters. The van der Waals surface area contributed by atoms with Crippen LogP contribution < -0.4 is 10.1 Å². The van der Waals surface area contributed by atoms with E-state index < -0.39 is 0 Å². The van der Waals surface area contributed by atoms with E-state index in [2.05, 4.69) is 5.32 Å². The molecule has 8 heteroatoms. The molecule has 1 aromatic rings. The number of nitrogens with one attached hydrogen (secondary N) is 1. The lowest BCUT2D eigenvalue weighted by Crippen LogP contribution is -2.34. The van der Waals surface area contributed by atoms with E-state index in [9.17, 15) is 18.8 Å². The Morgan fingerprint density at radius 2 is 2.00 bits per heavy atom. The lowest BCUT2D eigenvalue weighted by molar-refractivity contribution is -0.138. The third-order valence-electron chi connectivity index (χ3n) is 4.19. The predicted octanol–water partition coefficient (Wildman–Crippen LogP) is 0.890. The third-order valence-corrected chi connectivity index (χ3v) is 4.19. The number of halogens is 1. The summed E-state index contributed by atoms with van der Waals surface area (Å²) >= 11 is 0. The number of carbonyl (C=O) groups excluding carboxylic acids is 3. The van der Waals surface area contributed by atoms with Gasteiger partial charge in [-0.3, -0.25) is 19.3 Å². The van der Waals surface area contributed by atoms with E-state index in [-0.39, 0.29) is 56.1 Å². The van der Waals surface area contributed by atoms with Gasteiger partial charge in [0.1, 0.15) is 11.6 Å². The predicted molar refractivity (Wildman–Crippen MR) is 84.0 cm³/mol. The SMILES string of the molecule is O=C(CCN1C(=O)CCC1=O)NCCc1cc(F)cc2c1OCOC2. The van der Waals surface area contributed by atoms with Crippen molar-refractivity contribution in [1.29, 1.82) is 0 Å². The molecule has 0 spiro atoms. The molecule has 0 aromatic heterocycles. The molecule has 0 radical (unpaired) electrons. The first-order valence-electron chi connectivity index (χ1n) is 8.16. The number of ether oxygens (including phenoxy) is 2. The molecule has 2 aliphatic heterocycles. The molecule has 2 aliphatic rings. The Morgan fingerprint density at radius 3 is 2.76 bits per heavy atom. The van der Waals surface area contributed by atoms with Crippen LogP contribution in [0, 0.1) is 5.82 Å². The van der Waals surface area contributed by atoms with Crippen LogP contribution in [0.1, 0.15) is 30.4 Å². The van der Waals surface area contributed by atoms with E-state index in [4.69, 9.17) is 9.47 Å². The number of benzene rings is 1. The fourth-order valence-corrected chi connectivity index (χ4v) is 2.95. The molecule has 25 heavy (non-hydrogen) atoms. The number of rotatable bonds is 6. The van der Waals surface area contributed by atoms with Gasteiger partial charge in [-0.05, 0) is 24.1 Å². The second-order valence-corrected chi connectivity index (χ2v) is 5.95. The standard InChI is InChI=1S/C17H19FN2O5/c18-13-7-11(17-12(8-13)9-24-10-25-17)3-5-19-14(21)4-6-20-15(22)1-2-16(20)23/h7-8H,1-6,9-10H2,(H,19,21). The molecule has 0 aliphatic carbocycles. The molecular formula is C17H19FN2O5. The number of likely N-dealkylation sites (tertiary alicyclic amines) is 1. The summed E-state index contributed by atoms with van der Waals surface area (Å²) in [5.74, 6) is -0.496. The lowest BCUT2D eigenvalue weighted by atomic mass is 10.1. The number of hydrogen-bond acceptors (Lipinski definition) is 5. The molecule has 7 nitrogen and oxygen atoms in total. The highest BCUT2D eigenvalue weighted by molar-refractivity contribution is 6.02. The van der Waals surface area contributed by atoms with Crippen molar-refractivity contribution in [3.8, 4) is 5.75 Å². The van der Waals surface area contributed by atoms with Crippen LogP contribution in [-0.2, 0) is 32.1 Å². The quantitative estimate of drug-likeness (QED) is 0.770. The van der Waals surface area contributed by atoms with Crippen LogP contribution in [-0.4, -0.2) is 42.5 Å². The number of imide groups is 1. The minimum atomic E-state index is -0.375. The van der Waals surface area contributed by atoms with Crippen LogP contribution in [0.4, 0.5) is 4.39 Å². The second kappa shape index (κ2) is 7.60. The van der Waals surface area contributed by atoms with E-state index in [0.717, 1.165) is 4.90 Å². The fourth-order valence-electron chi connectivity index (χ4n) is 2.95. The largest absolute Gasteiger partial charge is 0.467 e. The molecule has 1 saturated heterocycles. The number of nitrogens with zero attached hydrogens (tertiary/aromatic N) is 1. The highest BCUT2D eigenvalue weighted by Crippen LogP contribution is 2.29. The molecule has 3 rings (SSSR count). The summed E-state index contributed by atoms with van der Waals surface area (Å²) in [6.07, 6.45) is 0.903. The summed E-state index contributed by atoms with van der Waals surface area (Å²) in [6, 6.07) is 2.76. The number of amides is 3. The van der Waals surface area contributed by atoms with Crippen molar-refractivity contribution >= 4 is 17.7 Å². The van der Waals surface area contributed by atoms with Gasteiger partial charge in [0.2, 0.25) is 17.7 Å². The summed E-state index contributed by atoms with van der Waals surface area (Å²) in [5.41, 5.74) is 1.32. The Balaban J connectivity index is 1.48. The van der Waals surface area contributed by atoms with E-state index in [0.29, 0.717) is 36.4 Å². The second-order valence-electron chi connectivity index (χ2n) is 5.95. The van der Waals surface area contributed by atoms with E-state index in [1.807, 2.05) is 0 Å². The van der Waals surface area contributed by atoms with Crippen LogP contribution in [0.2, 0.25) is 0 Å². The zero-order valence-corrected chi connectivity index (χ0v) is 13.7. The van der Waals surface area contributed by atoms with E-state index in [1.54, 1.807) is 0 Å². The first-order chi connectivity index (χ1) is 12.0. The Labute approximate surface area is 144 Å². The summed E-state index contributed by atoms with van der Waals surface area (Å²) in [5, 5.41) is 2.71. The van der Waals surface area contributed by atoms with Crippen LogP contribution in [0.15, 0.2) is 12.1 Å². The van der Waals surface area contributed by atoms with Crippen molar-refractivity contribution < 1.29 is 28.2 Å².